The van der Waals surface area contributed by atoms with Crippen LogP contribution >= 0.6 is 0 Å². The van der Waals surface area contributed by atoms with Crippen molar-refractivity contribution in [3.05, 3.63) is 119 Å². The average molecular weight is 516 g/mol. The zero-order valence-corrected chi connectivity index (χ0v) is 21.2. The van der Waals surface area contributed by atoms with E-state index in [0.29, 0.717) is 0 Å². The molecule has 0 spiro atoms. The zero-order chi connectivity index (χ0) is 25.6. The van der Waals surface area contributed by atoms with Gasteiger partial charge in [0.15, 0.2) is 0 Å². The van der Waals surface area contributed by atoms with Gasteiger partial charge in [0.25, 0.3) is 0 Å². The molecule has 0 N–H and O–H groups in total. The van der Waals surface area contributed by atoms with Crippen LogP contribution in [-0.2, 0) is 33.6 Å². The van der Waals surface area contributed by atoms with Crippen LogP contribution in [0.15, 0.2) is 97.1 Å². The van der Waals surface area contributed by atoms with Gasteiger partial charge in [-0.15, -0.1) is 0 Å². The molecule has 2 aliphatic rings. The molecule has 0 unspecified atom stereocenters. The third kappa shape index (κ3) is 3.46. The SMILES string of the molecule is C#CC(=O)[O][Ti]([O]C(=O)C#C)([CH]1c2ccccc2-c2ccccc21)[CH]1c2ccccc2-c2ccccc21. The van der Waals surface area contributed by atoms with Crippen LogP contribution in [0.25, 0.3) is 22.3 Å². The number of hydrogen-bond acceptors (Lipinski definition) is 4. The number of rotatable bonds is 4. The summed E-state index contributed by atoms with van der Waals surface area (Å²) in [6, 6.07) is 31.7. The predicted molar refractivity (Wildman–Crippen MR) is 137 cm³/mol. The molecule has 176 valence electrons. The van der Waals surface area contributed by atoms with Gasteiger partial charge in [-0.2, -0.15) is 0 Å². The Morgan fingerprint density at radius 1 is 0.541 bits per heavy atom. The fraction of sp³-hybridized carbons (Fsp3) is 0.0625. The van der Waals surface area contributed by atoms with E-state index < -0.39 is 37.7 Å². The monoisotopic (exact) mass is 516 g/mol. The summed E-state index contributed by atoms with van der Waals surface area (Å²) in [6.45, 7) is 0. The first kappa shape index (κ1) is 23.1. The summed E-state index contributed by atoms with van der Waals surface area (Å²) in [5, 5.41) is 0. The molecule has 0 atom stereocenters. The van der Waals surface area contributed by atoms with Crippen molar-refractivity contribution in [1.29, 1.82) is 0 Å². The van der Waals surface area contributed by atoms with Gasteiger partial charge in [-0.1, -0.05) is 0 Å². The van der Waals surface area contributed by atoms with Crippen molar-refractivity contribution in [2.24, 2.45) is 0 Å². The van der Waals surface area contributed by atoms with E-state index in [1.807, 2.05) is 97.1 Å². The van der Waals surface area contributed by atoms with Crippen molar-refractivity contribution in [2.45, 2.75) is 8.45 Å². The van der Waals surface area contributed by atoms with E-state index >= 15 is 0 Å². The normalized spacial score (nSPS) is 13.4. The molecule has 4 aromatic rings. The van der Waals surface area contributed by atoms with Crippen molar-refractivity contribution in [3.63, 3.8) is 0 Å². The van der Waals surface area contributed by atoms with Crippen molar-refractivity contribution in [2.75, 3.05) is 0 Å². The zero-order valence-electron chi connectivity index (χ0n) is 19.7. The van der Waals surface area contributed by atoms with E-state index in [9.17, 15) is 9.59 Å². The van der Waals surface area contributed by atoms with Crippen LogP contribution in [0, 0.1) is 24.7 Å². The van der Waals surface area contributed by atoms with Gasteiger partial charge in [0, 0.05) is 0 Å². The molecule has 37 heavy (non-hydrogen) atoms. The Hall–Kier alpha value is -4.35. The van der Waals surface area contributed by atoms with Gasteiger partial charge in [0.05, 0.1) is 0 Å². The third-order valence-electron chi connectivity index (χ3n) is 7.21. The molecule has 0 saturated carbocycles. The van der Waals surface area contributed by atoms with Gasteiger partial charge in [0.2, 0.25) is 0 Å². The molecule has 0 saturated heterocycles. The number of carbonyl (C=O) groups is 2. The van der Waals surface area contributed by atoms with Crippen molar-refractivity contribution < 1.29 is 33.6 Å². The topological polar surface area (TPSA) is 52.6 Å². The molecule has 4 aromatic carbocycles. The molecule has 0 bridgehead atoms. The Morgan fingerprint density at radius 2 is 0.811 bits per heavy atom. The molecule has 0 aliphatic heterocycles. The number of terminal acetylenes is 2. The molecule has 0 amide bonds. The molecule has 0 fully saturated rings. The van der Waals surface area contributed by atoms with Crippen LogP contribution in [0.1, 0.15) is 30.7 Å². The van der Waals surface area contributed by atoms with E-state index in [2.05, 4.69) is 11.8 Å². The Bertz CT molecular complexity index is 1460. The Morgan fingerprint density at radius 3 is 1.08 bits per heavy atom. The Balaban J connectivity index is 1.72. The second kappa shape index (κ2) is 8.95. The van der Waals surface area contributed by atoms with Crippen LogP contribution in [-0.4, -0.2) is 11.9 Å². The van der Waals surface area contributed by atoms with Crippen molar-refractivity contribution in [3.8, 4) is 46.9 Å². The summed E-state index contributed by atoms with van der Waals surface area (Å²) in [4.78, 5) is 26.0. The minimum absolute atomic E-state index is 0.508. The van der Waals surface area contributed by atoms with E-state index in [4.69, 9.17) is 19.5 Å². The first-order valence-electron chi connectivity index (χ1n) is 11.8. The van der Waals surface area contributed by atoms with E-state index in [-0.39, 0.29) is 0 Å². The number of benzene rings is 4. The fourth-order valence-corrected chi connectivity index (χ4v) is 12.6. The van der Waals surface area contributed by atoms with Crippen LogP contribution in [0.2, 0.25) is 0 Å². The van der Waals surface area contributed by atoms with Crippen molar-refractivity contribution >= 4 is 11.9 Å². The van der Waals surface area contributed by atoms with Crippen molar-refractivity contribution in [1.82, 2.24) is 0 Å². The summed E-state index contributed by atoms with van der Waals surface area (Å²) in [7, 11) is 0. The van der Waals surface area contributed by atoms with Crippen LogP contribution in [0.4, 0.5) is 0 Å². The van der Waals surface area contributed by atoms with Gasteiger partial charge in [-0.3, -0.25) is 0 Å². The molecule has 5 heteroatoms. The minimum atomic E-state index is -4.85. The Kier molecular flexibility index (Phi) is 5.58. The second-order valence-electron chi connectivity index (χ2n) is 9.00. The van der Waals surface area contributed by atoms with Gasteiger partial charge >= 0.3 is 220 Å². The van der Waals surface area contributed by atoms with Crippen LogP contribution in [0.5, 0.6) is 0 Å². The first-order valence-corrected chi connectivity index (χ1v) is 14.9. The second-order valence-corrected chi connectivity index (χ2v) is 13.7. The molecule has 0 heterocycles. The van der Waals surface area contributed by atoms with Gasteiger partial charge in [-0.25, -0.2) is 0 Å². The summed E-state index contributed by atoms with van der Waals surface area (Å²) < 4.78 is 11.6. The molecule has 6 rings (SSSR count). The molecule has 2 aliphatic carbocycles. The molecule has 0 aromatic heterocycles. The molecule has 0 radical (unpaired) electrons. The summed E-state index contributed by atoms with van der Waals surface area (Å²) in [5.74, 6) is 2.46. The number of carbonyl (C=O) groups excluding carboxylic acids is 2. The van der Waals surface area contributed by atoms with Gasteiger partial charge in [-0.05, 0) is 0 Å². The van der Waals surface area contributed by atoms with Crippen LogP contribution in [0.3, 0.4) is 0 Å². The first-order chi connectivity index (χ1) is 18.1. The molecular weight excluding hydrogens is 496 g/mol. The third-order valence-corrected chi connectivity index (χ3v) is 13.2. The van der Waals surface area contributed by atoms with E-state index in [1.165, 1.54) is 0 Å². The summed E-state index contributed by atoms with van der Waals surface area (Å²) >= 11 is -4.85. The van der Waals surface area contributed by atoms with Gasteiger partial charge in [0.1, 0.15) is 0 Å². The average Bonchev–Trinajstić information content (AvgIpc) is 3.46. The Labute approximate surface area is 219 Å². The number of hydrogen-bond donors (Lipinski definition) is 0. The maximum absolute atomic E-state index is 13.0. The number of fused-ring (bicyclic) bond motifs is 6. The maximum atomic E-state index is 13.0. The standard InChI is InChI=1S/2C13H9.2C3H2O2.Ti/c2*1-3-7-12-10(5-1)9-11-6-2-4-8-13(11)12;2*1-2-3(4)5;/h2*1-9H;2*1H,(H,4,5);/q;;;;+2/p-2. The van der Waals surface area contributed by atoms with E-state index in [1.54, 1.807) is 0 Å². The van der Waals surface area contributed by atoms with E-state index in [0.717, 1.165) is 44.5 Å². The molecule has 4 nitrogen and oxygen atoms in total. The van der Waals surface area contributed by atoms with Gasteiger partial charge < -0.3 is 0 Å². The molecular formula is C32H20O4Ti. The van der Waals surface area contributed by atoms with Crippen LogP contribution < -0.4 is 0 Å². The quantitative estimate of drug-likeness (QED) is 0.252. The fourth-order valence-electron chi connectivity index (χ4n) is 5.95. The summed E-state index contributed by atoms with van der Waals surface area (Å²) in [6.07, 6.45) is 11.1. The predicted octanol–water partition coefficient (Wildman–Crippen LogP) is 5.86. The summed E-state index contributed by atoms with van der Waals surface area (Å²) in [5.41, 5.74) is 7.75.